The van der Waals surface area contributed by atoms with Crippen LogP contribution in [0.4, 0.5) is 5.82 Å². The Bertz CT molecular complexity index is 722. The summed E-state index contributed by atoms with van der Waals surface area (Å²) in [5.74, 6) is 2.02. The minimum Gasteiger partial charge on any atom is -0.385 e. The molecular weight excluding hydrogens is 290 g/mol. The lowest BCUT2D eigenvalue weighted by atomic mass is 9.84. The van der Waals surface area contributed by atoms with E-state index < -0.39 is 6.10 Å². The number of imidazole rings is 1. The lowest BCUT2D eigenvalue weighted by Gasteiger charge is -2.30. The minimum absolute atomic E-state index is 0.326. The Labute approximate surface area is 136 Å². The van der Waals surface area contributed by atoms with Crippen LogP contribution in [0.25, 0.3) is 11.0 Å². The molecule has 6 nitrogen and oxygen atoms in total. The second kappa shape index (κ2) is 6.55. The molecular formula is C17H23N5O. The number of nitriles is 1. The number of anilines is 1. The number of aliphatic hydroxyl groups excluding tert-OH is 1. The molecule has 0 saturated heterocycles. The fraction of sp³-hybridized carbons (Fsp3) is 0.588. The lowest BCUT2D eigenvalue weighted by molar-refractivity contribution is 0.175. The van der Waals surface area contributed by atoms with Gasteiger partial charge in [-0.25, -0.2) is 9.97 Å². The van der Waals surface area contributed by atoms with Crippen LogP contribution < -0.4 is 5.32 Å². The number of rotatable bonds is 4. The van der Waals surface area contributed by atoms with Crippen molar-refractivity contribution in [2.24, 2.45) is 5.92 Å². The van der Waals surface area contributed by atoms with E-state index in [0.717, 1.165) is 42.5 Å². The quantitative estimate of drug-likeness (QED) is 0.905. The molecule has 0 unspecified atom stereocenters. The van der Waals surface area contributed by atoms with E-state index in [-0.39, 0.29) is 0 Å². The highest BCUT2D eigenvalue weighted by atomic mass is 16.3. The third-order valence-corrected chi connectivity index (χ3v) is 4.79. The Morgan fingerprint density at radius 3 is 2.78 bits per heavy atom. The van der Waals surface area contributed by atoms with E-state index in [1.807, 2.05) is 13.1 Å². The van der Waals surface area contributed by atoms with E-state index in [9.17, 15) is 5.11 Å². The smallest absolute Gasteiger partial charge is 0.138 e. The summed E-state index contributed by atoms with van der Waals surface area (Å²) >= 11 is 0. The van der Waals surface area contributed by atoms with Gasteiger partial charge in [-0.2, -0.15) is 5.26 Å². The summed E-state index contributed by atoms with van der Waals surface area (Å²) in [6.07, 6.45) is 5.95. The first-order chi connectivity index (χ1) is 11.1. The molecule has 1 fully saturated rings. The number of nitrogens with zero attached hydrogens (tertiary/aromatic N) is 4. The largest absolute Gasteiger partial charge is 0.385 e. The van der Waals surface area contributed by atoms with Gasteiger partial charge < -0.3 is 15.0 Å². The standard InChI is InChI=1S/C17H23N5O/c1-11(23)17-21-14-10-20-16(19-2)9-15(14)22(17)13-5-3-12(4-6-13)7-8-18/h9-13,23H,3-7H2,1-2H3,(H,19,20)/t11-,12-,13-/m1/s1. The van der Waals surface area contributed by atoms with Gasteiger partial charge in [-0.3, -0.25) is 0 Å². The van der Waals surface area contributed by atoms with Gasteiger partial charge in [-0.15, -0.1) is 0 Å². The van der Waals surface area contributed by atoms with Gasteiger partial charge in [-0.05, 0) is 38.5 Å². The van der Waals surface area contributed by atoms with Crippen molar-refractivity contribution in [1.82, 2.24) is 14.5 Å². The third-order valence-electron chi connectivity index (χ3n) is 4.79. The van der Waals surface area contributed by atoms with Gasteiger partial charge in [0.1, 0.15) is 23.3 Å². The van der Waals surface area contributed by atoms with Crippen LogP contribution in [0.2, 0.25) is 0 Å². The summed E-state index contributed by atoms with van der Waals surface area (Å²) in [5.41, 5.74) is 1.84. The van der Waals surface area contributed by atoms with E-state index >= 15 is 0 Å². The lowest BCUT2D eigenvalue weighted by Crippen LogP contribution is -2.20. The maximum absolute atomic E-state index is 10.1. The van der Waals surface area contributed by atoms with E-state index in [4.69, 9.17) is 5.26 Å². The fourth-order valence-corrected chi connectivity index (χ4v) is 3.57. The molecule has 2 N–H and O–H groups in total. The van der Waals surface area contributed by atoms with Crippen LogP contribution >= 0.6 is 0 Å². The molecule has 1 saturated carbocycles. The maximum Gasteiger partial charge on any atom is 0.138 e. The molecule has 0 aromatic carbocycles. The van der Waals surface area contributed by atoms with Gasteiger partial charge in [0.05, 0.1) is 17.8 Å². The summed E-state index contributed by atoms with van der Waals surface area (Å²) in [6, 6.07) is 4.61. The Hall–Kier alpha value is -2.13. The van der Waals surface area contributed by atoms with Crippen LogP contribution in [-0.4, -0.2) is 26.7 Å². The molecule has 0 radical (unpaired) electrons. The molecule has 6 heteroatoms. The van der Waals surface area contributed by atoms with Crippen molar-refractivity contribution in [3.8, 4) is 6.07 Å². The number of pyridine rings is 1. The Morgan fingerprint density at radius 1 is 1.43 bits per heavy atom. The number of aliphatic hydroxyl groups is 1. The maximum atomic E-state index is 10.1. The first-order valence-corrected chi connectivity index (χ1v) is 8.24. The van der Waals surface area contributed by atoms with Crippen molar-refractivity contribution in [1.29, 1.82) is 5.26 Å². The van der Waals surface area contributed by atoms with Crippen LogP contribution in [0.5, 0.6) is 0 Å². The highest BCUT2D eigenvalue weighted by molar-refractivity contribution is 5.78. The van der Waals surface area contributed by atoms with Crippen molar-refractivity contribution >= 4 is 16.9 Å². The van der Waals surface area contributed by atoms with Crippen LogP contribution in [0.15, 0.2) is 12.3 Å². The number of hydrogen-bond acceptors (Lipinski definition) is 5. The first-order valence-electron chi connectivity index (χ1n) is 8.24. The van der Waals surface area contributed by atoms with Gasteiger partial charge in [0.2, 0.25) is 0 Å². The highest BCUT2D eigenvalue weighted by Crippen LogP contribution is 2.37. The molecule has 122 valence electrons. The molecule has 0 bridgehead atoms. The molecule has 2 aromatic heterocycles. The molecule has 2 heterocycles. The monoisotopic (exact) mass is 313 g/mol. The summed E-state index contributed by atoms with van der Waals surface area (Å²) in [7, 11) is 1.84. The Kier molecular flexibility index (Phi) is 4.49. The predicted octanol–water partition coefficient (Wildman–Crippen LogP) is 3.17. The van der Waals surface area contributed by atoms with Crippen molar-refractivity contribution in [3.63, 3.8) is 0 Å². The number of aromatic nitrogens is 3. The van der Waals surface area contributed by atoms with Crippen LogP contribution in [-0.2, 0) is 0 Å². The topological polar surface area (TPSA) is 86.8 Å². The van der Waals surface area contributed by atoms with Gasteiger partial charge in [0, 0.05) is 25.6 Å². The summed E-state index contributed by atoms with van der Waals surface area (Å²) in [4.78, 5) is 8.90. The second-order valence-electron chi connectivity index (χ2n) is 6.36. The summed E-state index contributed by atoms with van der Waals surface area (Å²) < 4.78 is 2.19. The Morgan fingerprint density at radius 2 is 2.17 bits per heavy atom. The highest BCUT2D eigenvalue weighted by Gasteiger charge is 2.27. The van der Waals surface area contributed by atoms with Crippen LogP contribution in [0.3, 0.4) is 0 Å². The normalized spacial score (nSPS) is 22.7. The molecule has 0 amide bonds. The SMILES string of the molecule is CNc1cc2c(cn1)nc([C@@H](C)O)n2[C@H]1CC[C@H](CC#N)CC1. The molecule has 1 aliphatic rings. The van der Waals surface area contributed by atoms with Gasteiger partial charge in [0.25, 0.3) is 0 Å². The zero-order valence-electron chi connectivity index (χ0n) is 13.7. The number of fused-ring (bicyclic) bond motifs is 1. The minimum atomic E-state index is -0.614. The molecule has 0 spiro atoms. The second-order valence-corrected chi connectivity index (χ2v) is 6.36. The molecule has 23 heavy (non-hydrogen) atoms. The Balaban J connectivity index is 1.98. The average Bonchev–Trinajstić information content (AvgIpc) is 2.94. The molecule has 0 aliphatic heterocycles. The van der Waals surface area contributed by atoms with Gasteiger partial charge in [-0.1, -0.05) is 0 Å². The zero-order valence-corrected chi connectivity index (χ0v) is 13.7. The number of hydrogen-bond donors (Lipinski definition) is 2. The first kappa shape index (κ1) is 15.8. The molecule has 1 atom stereocenters. The van der Waals surface area contributed by atoms with E-state index in [1.165, 1.54) is 0 Å². The number of nitrogens with one attached hydrogen (secondary N) is 1. The molecule has 1 aliphatic carbocycles. The van der Waals surface area contributed by atoms with Gasteiger partial charge >= 0.3 is 0 Å². The predicted molar refractivity (Wildman–Crippen MR) is 88.9 cm³/mol. The van der Waals surface area contributed by atoms with E-state index in [2.05, 4.69) is 25.9 Å². The average molecular weight is 313 g/mol. The van der Waals surface area contributed by atoms with Gasteiger partial charge in [0.15, 0.2) is 0 Å². The zero-order chi connectivity index (χ0) is 16.4. The van der Waals surface area contributed by atoms with Crippen molar-refractivity contribution in [2.45, 2.75) is 51.2 Å². The third kappa shape index (κ3) is 3.02. The summed E-state index contributed by atoms with van der Waals surface area (Å²) in [5, 5.41) is 22.1. The molecule has 3 rings (SSSR count). The van der Waals surface area contributed by atoms with E-state index in [0.29, 0.717) is 24.2 Å². The summed E-state index contributed by atoms with van der Waals surface area (Å²) in [6.45, 7) is 1.76. The van der Waals surface area contributed by atoms with Crippen molar-refractivity contribution in [3.05, 3.63) is 18.1 Å². The van der Waals surface area contributed by atoms with Crippen molar-refractivity contribution in [2.75, 3.05) is 12.4 Å². The van der Waals surface area contributed by atoms with Crippen molar-refractivity contribution < 1.29 is 5.11 Å². The molecule has 2 aromatic rings. The fourth-order valence-electron chi connectivity index (χ4n) is 3.57. The van der Waals surface area contributed by atoms with Crippen LogP contribution in [0.1, 0.15) is 57.0 Å². The van der Waals surface area contributed by atoms with E-state index in [1.54, 1.807) is 13.1 Å². The van der Waals surface area contributed by atoms with Crippen LogP contribution in [0, 0.1) is 17.2 Å².